The molecule has 2 nitrogen and oxygen atoms in total. The van der Waals surface area contributed by atoms with Crippen LogP contribution in [0.3, 0.4) is 0 Å². The number of aryl methyl sites for hydroxylation is 1. The maximum atomic E-state index is 5.74. The third-order valence-electron chi connectivity index (χ3n) is 3.14. The van der Waals surface area contributed by atoms with Crippen molar-refractivity contribution in [3.05, 3.63) is 56.5 Å². The van der Waals surface area contributed by atoms with E-state index in [-0.39, 0.29) is 0 Å². The predicted octanol–water partition coefficient (Wildman–Crippen LogP) is 5.92. The van der Waals surface area contributed by atoms with E-state index < -0.39 is 0 Å². The number of hydrogen-bond acceptors (Lipinski definition) is 2. The summed E-state index contributed by atoms with van der Waals surface area (Å²) >= 11 is 7.17. The van der Waals surface area contributed by atoms with Crippen LogP contribution in [0.4, 0.5) is 5.69 Å². The van der Waals surface area contributed by atoms with E-state index in [1.54, 1.807) is 0 Å². The lowest BCUT2D eigenvalue weighted by Crippen LogP contribution is -2.02. The van der Waals surface area contributed by atoms with E-state index in [0.29, 0.717) is 0 Å². The lowest BCUT2D eigenvalue weighted by molar-refractivity contribution is 0.313. The van der Waals surface area contributed by atoms with Crippen molar-refractivity contribution in [2.45, 2.75) is 26.8 Å². The van der Waals surface area contributed by atoms with Crippen LogP contribution in [0.2, 0.25) is 0 Å². The van der Waals surface area contributed by atoms with Gasteiger partial charge in [-0.2, -0.15) is 0 Å². The summed E-state index contributed by atoms with van der Waals surface area (Å²) in [6.07, 6.45) is 0.996. The molecule has 0 saturated heterocycles. The molecule has 4 heteroatoms. The number of ether oxygens (including phenoxy) is 1. The van der Waals surface area contributed by atoms with Crippen LogP contribution in [-0.2, 0) is 6.54 Å². The summed E-state index contributed by atoms with van der Waals surface area (Å²) in [6, 6.07) is 12.5. The number of benzene rings is 2. The molecule has 21 heavy (non-hydrogen) atoms. The second-order valence-corrected chi connectivity index (χ2v) is 6.61. The van der Waals surface area contributed by atoms with Gasteiger partial charge in [-0.3, -0.25) is 0 Å². The molecule has 0 saturated carbocycles. The maximum absolute atomic E-state index is 5.74. The van der Waals surface area contributed by atoms with Crippen molar-refractivity contribution in [1.82, 2.24) is 0 Å². The highest BCUT2D eigenvalue weighted by molar-refractivity contribution is 9.11. The smallest absolute Gasteiger partial charge is 0.147 e. The van der Waals surface area contributed by atoms with Gasteiger partial charge in [-0.25, -0.2) is 0 Å². The average molecular weight is 413 g/mol. The van der Waals surface area contributed by atoms with Crippen molar-refractivity contribution < 1.29 is 4.74 Å². The Balaban J connectivity index is 2.09. The Bertz CT molecular complexity index is 590. The van der Waals surface area contributed by atoms with Gasteiger partial charge in [0.2, 0.25) is 0 Å². The highest BCUT2D eigenvalue weighted by Crippen LogP contribution is 2.35. The molecular formula is C17H19Br2NO. The van der Waals surface area contributed by atoms with Crippen molar-refractivity contribution in [2.24, 2.45) is 0 Å². The summed E-state index contributed by atoms with van der Waals surface area (Å²) in [5.41, 5.74) is 3.61. The summed E-state index contributed by atoms with van der Waals surface area (Å²) in [4.78, 5) is 0. The van der Waals surface area contributed by atoms with Gasteiger partial charge in [0.15, 0.2) is 0 Å². The first-order valence-electron chi connectivity index (χ1n) is 7.02. The molecule has 0 aromatic heterocycles. The molecule has 2 aromatic rings. The van der Waals surface area contributed by atoms with Crippen molar-refractivity contribution in [3.63, 3.8) is 0 Å². The standard InChI is InChI=1S/C17H19Br2NO/c1-3-8-21-17-14(18)9-13(10-15(17)19)11-20-16-7-5-4-6-12(16)2/h4-7,9-10,20H,3,8,11H2,1-2H3. The first kappa shape index (κ1) is 16.4. The SMILES string of the molecule is CCCOc1c(Br)cc(CNc2ccccc2C)cc1Br. The molecule has 112 valence electrons. The molecule has 0 aliphatic heterocycles. The quantitative estimate of drug-likeness (QED) is 0.635. The zero-order valence-electron chi connectivity index (χ0n) is 12.2. The summed E-state index contributed by atoms with van der Waals surface area (Å²) in [6.45, 7) is 5.70. The topological polar surface area (TPSA) is 21.3 Å². The molecular weight excluding hydrogens is 394 g/mol. The summed E-state index contributed by atoms with van der Waals surface area (Å²) < 4.78 is 7.70. The Morgan fingerprint density at radius 2 is 1.76 bits per heavy atom. The minimum atomic E-state index is 0.720. The van der Waals surface area contributed by atoms with Crippen molar-refractivity contribution in [1.29, 1.82) is 0 Å². The fourth-order valence-corrected chi connectivity index (χ4v) is 3.54. The van der Waals surface area contributed by atoms with E-state index in [9.17, 15) is 0 Å². The Hall–Kier alpha value is -1.00. The van der Waals surface area contributed by atoms with Gasteiger partial charge in [0.05, 0.1) is 15.6 Å². The van der Waals surface area contributed by atoms with Gasteiger partial charge in [0, 0.05) is 12.2 Å². The van der Waals surface area contributed by atoms with E-state index in [1.165, 1.54) is 11.1 Å². The van der Waals surface area contributed by atoms with Crippen LogP contribution in [0.1, 0.15) is 24.5 Å². The van der Waals surface area contributed by atoms with Gasteiger partial charge in [-0.1, -0.05) is 25.1 Å². The Morgan fingerprint density at radius 1 is 1.10 bits per heavy atom. The molecule has 1 N–H and O–H groups in total. The monoisotopic (exact) mass is 411 g/mol. The Kier molecular flexibility index (Phi) is 6.12. The largest absolute Gasteiger partial charge is 0.491 e. The molecule has 0 bridgehead atoms. The summed E-state index contributed by atoms with van der Waals surface area (Å²) in [7, 11) is 0. The Labute approximate surface area is 143 Å². The number of para-hydroxylation sites is 1. The van der Waals surface area contributed by atoms with Crippen molar-refractivity contribution in [3.8, 4) is 5.75 Å². The van der Waals surface area contributed by atoms with E-state index in [1.807, 2.05) is 12.1 Å². The molecule has 0 fully saturated rings. The van der Waals surface area contributed by atoms with Crippen molar-refractivity contribution >= 4 is 37.5 Å². The Morgan fingerprint density at radius 3 is 2.38 bits per heavy atom. The lowest BCUT2D eigenvalue weighted by atomic mass is 10.1. The van der Waals surface area contributed by atoms with Crippen LogP contribution in [0.5, 0.6) is 5.75 Å². The molecule has 0 aliphatic carbocycles. The number of nitrogens with one attached hydrogen (secondary N) is 1. The van der Waals surface area contributed by atoms with E-state index in [2.05, 4.69) is 75.3 Å². The first-order chi connectivity index (χ1) is 10.1. The number of hydrogen-bond donors (Lipinski definition) is 1. The minimum Gasteiger partial charge on any atom is -0.491 e. The van der Waals surface area contributed by atoms with Gasteiger partial charge in [0.25, 0.3) is 0 Å². The lowest BCUT2D eigenvalue weighted by Gasteiger charge is -2.13. The second-order valence-electron chi connectivity index (χ2n) is 4.91. The zero-order valence-corrected chi connectivity index (χ0v) is 15.4. The molecule has 0 aliphatic rings. The molecule has 0 amide bonds. The fourth-order valence-electron chi connectivity index (χ4n) is 2.02. The van der Waals surface area contributed by atoms with E-state index in [4.69, 9.17) is 4.74 Å². The summed E-state index contributed by atoms with van der Waals surface area (Å²) in [5.74, 6) is 0.872. The molecule has 0 atom stereocenters. The number of rotatable bonds is 6. The van der Waals surface area contributed by atoms with Gasteiger partial charge >= 0.3 is 0 Å². The fraction of sp³-hybridized carbons (Fsp3) is 0.294. The molecule has 0 spiro atoms. The van der Waals surface area contributed by atoms with Crippen LogP contribution in [0.25, 0.3) is 0 Å². The number of halogens is 2. The van der Waals surface area contributed by atoms with Crippen LogP contribution >= 0.6 is 31.9 Å². The molecule has 0 radical (unpaired) electrons. The third kappa shape index (κ3) is 4.48. The van der Waals surface area contributed by atoms with Crippen LogP contribution < -0.4 is 10.1 Å². The second kappa shape index (κ2) is 7.85. The van der Waals surface area contributed by atoms with Gasteiger partial charge in [-0.15, -0.1) is 0 Å². The maximum Gasteiger partial charge on any atom is 0.147 e. The average Bonchev–Trinajstić information content (AvgIpc) is 2.46. The van der Waals surface area contributed by atoms with Crippen LogP contribution in [-0.4, -0.2) is 6.61 Å². The summed E-state index contributed by atoms with van der Waals surface area (Å²) in [5, 5.41) is 3.46. The van der Waals surface area contributed by atoms with Crippen LogP contribution in [0.15, 0.2) is 45.3 Å². The van der Waals surface area contributed by atoms with Gasteiger partial charge < -0.3 is 10.1 Å². The van der Waals surface area contributed by atoms with E-state index in [0.717, 1.165) is 40.0 Å². The zero-order chi connectivity index (χ0) is 15.2. The van der Waals surface area contributed by atoms with E-state index >= 15 is 0 Å². The minimum absolute atomic E-state index is 0.720. The first-order valence-corrected chi connectivity index (χ1v) is 8.60. The normalized spacial score (nSPS) is 10.5. The molecule has 0 unspecified atom stereocenters. The third-order valence-corrected chi connectivity index (χ3v) is 4.31. The van der Waals surface area contributed by atoms with Gasteiger partial charge in [-0.05, 0) is 74.5 Å². The van der Waals surface area contributed by atoms with Gasteiger partial charge in [0.1, 0.15) is 5.75 Å². The number of anilines is 1. The highest BCUT2D eigenvalue weighted by atomic mass is 79.9. The molecule has 2 aromatic carbocycles. The van der Waals surface area contributed by atoms with Crippen molar-refractivity contribution in [2.75, 3.05) is 11.9 Å². The molecule has 2 rings (SSSR count). The predicted molar refractivity (Wildman–Crippen MR) is 96.1 cm³/mol. The van der Waals surface area contributed by atoms with Crippen LogP contribution in [0, 0.1) is 6.92 Å². The molecule has 0 heterocycles. The highest BCUT2D eigenvalue weighted by Gasteiger charge is 2.09.